The molecule has 2 N–H and O–H groups in total. The molecule has 0 saturated carbocycles. The van der Waals surface area contributed by atoms with Gasteiger partial charge in [-0.3, -0.25) is 4.79 Å². The molecule has 23 heavy (non-hydrogen) atoms. The molecule has 6 nitrogen and oxygen atoms in total. The molecule has 0 bridgehead atoms. The van der Waals surface area contributed by atoms with Crippen molar-refractivity contribution in [2.75, 3.05) is 7.11 Å². The zero-order valence-electron chi connectivity index (χ0n) is 12.1. The fourth-order valence-electron chi connectivity index (χ4n) is 1.78. The number of nitrogens with zero attached hydrogens (tertiary/aromatic N) is 2. The summed E-state index contributed by atoms with van der Waals surface area (Å²) < 4.78 is 18.6. The molecule has 7 heteroatoms. The normalized spacial score (nSPS) is 10.3. The Bertz CT molecular complexity index is 813. The van der Waals surface area contributed by atoms with Crippen molar-refractivity contribution in [3.8, 4) is 17.6 Å². The van der Waals surface area contributed by atoms with Crippen molar-refractivity contribution in [1.82, 2.24) is 5.43 Å². The summed E-state index contributed by atoms with van der Waals surface area (Å²) in [6, 6.07) is 9.85. The van der Waals surface area contributed by atoms with Gasteiger partial charge in [-0.2, -0.15) is 10.4 Å². The van der Waals surface area contributed by atoms with Gasteiger partial charge in [-0.1, -0.05) is 0 Å². The Balaban J connectivity index is 2.07. The topological polar surface area (TPSA) is 94.7 Å². The highest BCUT2D eigenvalue weighted by Gasteiger charge is 2.11. The SMILES string of the molecule is COc1ccc(C=NNC(=O)c2ccc(C#N)cc2F)cc1O. The van der Waals surface area contributed by atoms with Crippen molar-refractivity contribution in [2.24, 2.45) is 5.10 Å². The van der Waals surface area contributed by atoms with Gasteiger partial charge in [0.05, 0.1) is 30.5 Å². The van der Waals surface area contributed by atoms with Gasteiger partial charge in [-0.05, 0) is 42.0 Å². The number of hydrogen-bond acceptors (Lipinski definition) is 5. The molecular formula is C16H12FN3O3. The third-order valence-electron chi connectivity index (χ3n) is 2.93. The number of phenols is 1. The number of hydrazone groups is 1. The number of halogens is 1. The van der Waals surface area contributed by atoms with Crippen molar-refractivity contribution >= 4 is 12.1 Å². The van der Waals surface area contributed by atoms with Crippen LogP contribution < -0.4 is 10.2 Å². The summed E-state index contributed by atoms with van der Waals surface area (Å²) >= 11 is 0. The third kappa shape index (κ3) is 3.83. The molecule has 0 fully saturated rings. The molecule has 0 radical (unpaired) electrons. The number of hydrogen-bond donors (Lipinski definition) is 2. The van der Waals surface area contributed by atoms with Crippen LogP contribution in [0, 0.1) is 17.1 Å². The van der Waals surface area contributed by atoms with Crippen LogP contribution >= 0.6 is 0 Å². The lowest BCUT2D eigenvalue weighted by Gasteiger charge is -2.04. The molecule has 0 atom stereocenters. The van der Waals surface area contributed by atoms with Crippen molar-refractivity contribution in [2.45, 2.75) is 0 Å². The maximum absolute atomic E-state index is 13.7. The van der Waals surface area contributed by atoms with E-state index in [0.29, 0.717) is 11.3 Å². The highest BCUT2D eigenvalue weighted by Crippen LogP contribution is 2.25. The standard InChI is InChI=1S/C16H12FN3O3/c1-23-15-5-3-11(7-14(15)21)9-19-20-16(22)12-4-2-10(8-18)6-13(12)17/h2-7,9,21H,1H3,(H,20,22). The lowest BCUT2D eigenvalue weighted by molar-refractivity contribution is 0.0951. The molecular weight excluding hydrogens is 301 g/mol. The Morgan fingerprint density at radius 1 is 1.39 bits per heavy atom. The monoisotopic (exact) mass is 313 g/mol. The van der Waals surface area contributed by atoms with Gasteiger partial charge >= 0.3 is 0 Å². The summed E-state index contributed by atoms with van der Waals surface area (Å²) in [5.41, 5.74) is 2.58. The van der Waals surface area contributed by atoms with E-state index in [4.69, 9.17) is 10.00 Å². The van der Waals surface area contributed by atoms with E-state index in [0.717, 1.165) is 6.07 Å². The predicted octanol–water partition coefficient (Wildman–Crippen LogP) is 2.18. The van der Waals surface area contributed by atoms with E-state index in [2.05, 4.69) is 10.5 Å². The Hall–Kier alpha value is -3.40. The molecule has 0 aromatic heterocycles. The number of amides is 1. The van der Waals surface area contributed by atoms with Crippen LogP contribution in [-0.4, -0.2) is 24.3 Å². The molecule has 2 aromatic carbocycles. The summed E-state index contributed by atoms with van der Waals surface area (Å²) in [6.45, 7) is 0. The van der Waals surface area contributed by atoms with Crippen molar-refractivity contribution in [3.63, 3.8) is 0 Å². The molecule has 0 aliphatic carbocycles. The number of carbonyl (C=O) groups excluding carboxylic acids is 1. The first-order chi connectivity index (χ1) is 11.0. The highest BCUT2D eigenvalue weighted by molar-refractivity contribution is 5.95. The number of aromatic hydroxyl groups is 1. The van der Waals surface area contributed by atoms with Gasteiger partial charge in [0.2, 0.25) is 0 Å². The molecule has 0 aliphatic rings. The van der Waals surface area contributed by atoms with Gasteiger partial charge in [0.15, 0.2) is 11.5 Å². The smallest absolute Gasteiger partial charge is 0.274 e. The van der Waals surface area contributed by atoms with E-state index in [9.17, 15) is 14.3 Å². The number of nitrogens with one attached hydrogen (secondary N) is 1. The van der Waals surface area contributed by atoms with Crippen LogP contribution in [0.5, 0.6) is 11.5 Å². The van der Waals surface area contributed by atoms with Crippen LogP contribution in [0.3, 0.4) is 0 Å². The Labute approximate surface area is 131 Å². The van der Waals surface area contributed by atoms with Crippen molar-refractivity contribution in [1.29, 1.82) is 5.26 Å². The van der Waals surface area contributed by atoms with E-state index < -0.39 is 11.7 Å². The first-order valence-electron chi connectivity index (χ1n) is 6.45. The number of nitriles is 1. The van der Waals surface area contributed by atoms with E-state index >= 15 is 0 Å². The van der Waals surface area contributed by atoms with E-state index in [1.54, 1.807) is 18.2 Å². The Morgan fingerprint density at radius 3 is 2.78 bits per heavy atom. The molecule has 0 heterocycles. The molecule has 1 amide bonds. The number of benzene rings is 2. The number of rotatable bonds is 4. The fourth-order valence-corrected chi connectivity index (χ4v) is 1.78. The maximum atomic E-state index is 13.7. The average Bonchev–Trinajstić information content (AvgIpc) is 2.54. The first kappa shape index (κ1) is 16.0. The summed E-state index contributed by atoms with van der Waals surface area (Å²) in [7, 11) is 1.43. The van der Waals surface area contributed by atoms with Gasteiger partial charge in [0.1, 0.15) is 5.82 Å². The zero-order valence-corrected chi connectivity index (χ0v) is 12.1. The van der Waals surface area contributed by atoms with E-state index in [-0.39, 0.29) is 16.9 Å². The van der Waals surface area contributed by atoms with Crippen LogP contribution in [-0.2, 0) is 0 Å². The fraction of sp³-hybridized carbons (Fsp3) is 0.0625. The summed E-state index contributed by atoms with van der Waals surface area (Å²) in [5.74, 6) is -1.31. The maximum Gasteiger partial charge on any atom is 0.274 e. The van der Waals surface area contributed by atoms with Gasteiger partial charge in [-0.15, -0.1) is 0 Å². The minimum absolute atomic E-state index is 0.0686. The van der Waals surface area contributed by atoms with Gasteiger partial charge in [0.25, 0.3) is 5.91 Å². The molecule has 0 unspecified atom stereocenters. The average molecular weight is 313 g/mol. The van der Waals surface area contributed by atoms with Gasteiger partial charge < -0.3 is 9.84 Å². The first-order valence-corrected chi connectivity index (χ1v) is 6.45. The van der Waals surface area contributed by atoms with Crippen LogP contribution in [0.4, 0.5) is 4.39 Å². The Morgan fingerprint density at radius 2 is 2.17 bits per heavy atom. The Kier molecular flexibility index (Phi) is 4.89. The summed E-state index contributed by atoms with van der Waals surface area (Å²) in [5, 5.41) is 22.0. The van der Waals surface area contributed by atoms with Crippen LogP contribution in [0.2, 0.25) is 0 Å². The van der Waals surface area contributed by atoms with Crippen LogP contribution in [0.15, 0.2) is 41.5 Å². The van der Waals surface area contributed by atoms with E-state index in [1.165, 1.54) is 31.5 Å². The molecule has 0 aliphatic heterocycles. The third-order valence-corrected chi connectivity index (χ3v) is 2.93. The lowest BCUT2D eigenvalue weighted by Crippen LogP contribution is -2.19. The second-order valence-electron chi connectivity index (χ2n) is 4.44. The summed E-state index contributed by atoms with van der Waals surface area (Å²) in [6.07, 6.45) is 1.29. The van der Waals surface area contributed by atoms with Gasteiger partial charge in [0, 0.05) is 0 Å². The molecule has 2 aromatic rings. The number of methoxy groups -OCH3 is 1. The lowest BCUT2D eigenvalue weighted by atomic mass is 10.1. The number of ether oxygens (including phenoxy) is 1. The second kappa shape index (κ2) is 7.04. The zero-order chi connectivity index (χ0) is 16.8. The number of phenolic OH excluding ortho intramolecular Hbond substituents is 1. The van der Waals surface area contributed by atoms with Gasteiger partial charge in [-0.25, -0.2) is 9.82 Å². The molecule has 0 spiro atoms. The van der Waals surface area contributed by atoms with Crippen LogP contribution in [0.25, 0.3) is 0 Å². The molecule has 0 saturated heterocycles. The van der Waals surface area contributed by atoms with Crippen LogP contribution in [0.1, 0.15) is 21.5 Å². The minimum atomic E-state index is -0.807. The van der Waals surface area contributed by atoms with Crippen molar-refractivity contribution in [3.05, 3.63) is 58.9 Å². The number of carbonyl (C=O) groups is 1. The molecule has 2 rings (SSSR count). The van der Waals surface area contributed by atoms with Crippen molar-refractivity contribution < 1.29 is 19.0 Å². The summed E-state index contributed by atoms with van der Waals surface area (Å²) in [4.78, 5) is 11.8. The van der Waals surface area contributed by atoms with E-state index in [1.807, 2.05) is 0 Å². The second-order valence-corrected chi connectivity index (χ2v) is 4.44. The quantitative estimate of drug-likeness (QED) is 0.668. The minimum Gasteiger partial charge on any atom is -0.504 e. The predicted molar refractivity (Wildman–Crippen MR) is 80.8 cm³/mol. The largest absolute Gasteiger partial charge is 0.504 e. The highest BCUT2D eigenvalue weighted by atomic mass is 19.1. The molecule has 116 valence electrons.